The van der Waals surface area contributed by atoms with Crippen molar-refractivity contribution in [2.75, 3.05) is 20.9 Å². The first-order chi connectivity index (χ1) is 11.0. The lowest BCUT2D eigenvalue weighted by Crippen LogP contribution is -2.51. The van der Waals surface area contributed by atoms with E-state index in [4.69, 9.17) is 27.9 Å². The van der Waals surface area contributed by atoms with Gasteiger partial charge in [0.15, 0.2) is 0 Å². The van der Waals surface area contributed by atoms with E-state index < -0.39 is 0 Å². The lowest BCUT2D eigenvalue weighted by atomic mass is 9.75. The highest BCUT2D eigenvalue weighted by atomic mass is 35.5. The Labute approximate surface area is 147 Å². The van der Waals surface area contributed by atoms with Gasteiger partial charge in [0.25, 0.3) is 0 Å². The van der Waals surface area contributed by atoms with Gasteiger partial charge in [-0.05, 0) is 49.9 Å². The average Bonchev–Trinajstić information content (AvgIpc) is 2.77. The Bertz CT molecular complexity index is 596. The highest BCUT2D eigenvalue weighted by molar-refractivity contribution is 6.42. The summed E-state index contributed by atoms with van der Waals surface area (Å²) in [7, 11) is 3.71. The van der Waals surface area contributed by atoms with E-state index in [1.165, 1.54) is 0 Å². The predicted octanol–water partition coefficient (Wildman–Crippen LogP) is 3.28. The van der Waals surface area contributed by atoms with Crippen LogP contribution in [-0.4, -0.2) is 43.8 Å². The van der Waals surface area contributed by atoms with Gasteiger partial charge >= 0.3 is 0 Å². The molecule has 23 heavy (non-hydrogen) atoms. The fraction of sp³-hybridized carbons (Fsp3) is 0.588. The summed E-state index contributed by atoms with van der Waals surface area (Å²) in [6.45, 7) is 0.239. The summed E-state index contributed by atoms with van der Waals surface area (Å²) < 4.78 is 5.00. The molecular formula is C17H22Cl2N2O2. The molecular weight excluding hydrogens is 335 g/mol. The number of hydrogen-bond donors (Lipinski definition) is 1. The molecule has 2 fully saturated rings. The maximum atomic E-state index is 12.7. The number of ether oxygens (including phenoxy) is 1. The van der Waals surface area contributed by atoms with Crippen LogP contribution < -0.4 is 5.32 Å². The summed E-state index contributed by atoms with van der Waals surface area (Å²) in [5.41, 5.74) is 1.10. The summed E-state index contributed by atoms with van der Waals surface area (Å²) in [6.07, 6.45) is 3.17. The molecule has 0 radical (unpaired) electrons. The maximum Gasteiger partial charge on any atom is 0.227 e. The SMILES string of the molecule is COCNC(=O)C1[C@@H](c2ccc(Cl)c(Cl)c2)C[C@@H]2CC[C@H]1N2C. The molecule has 4 atom stereocenters. The number of carbonyl (C=O) groups excluding carboxylic acids is 1. The Hall–Kier alpha value is -0.810. The van der Waals surface area contributed by atoms with Crippen molar-refractivity contribution in [3.63, 3.8) is 0 Å². The number of nitrogens with zero attached hydrogens (tertiary/aromatic N) is 1. The van der Waals surface area contributed by atoms with Gasteiger partial charge in [0.1, 0.15) is 6.73 Å². The number of rotatable bonds is 4. The summed E-state index contributed by atoms with van der Waals surface area (Å²) in [6, 6.07) is 6.54. The molecule has 0 saturated carbocycles. The quantitative estimate of drug-likeness (QED) is 0.841. The molecule has 1 aromatic rings. The van der Waals surface area contributed by atoms with Crippen LogP contribution in [-0.2, 0) is 9.53 Å². The zero-order chi connectivity index (χ0) is 16.6. The molecule has 1 unspecified atom stereocenters. The Morgan fingerprint density at radius 1 is 1.35 bits per heavy atom. The van der Waals surface area contributed by atoms with E-state index in [1.807, 2.05) is 18.2 Å². The van der Waals surface area contributed by atoms with Gasteiger partial charge in [-0.1, -0.05) is 29.3 Å². The normalized spacial score (nSPS) is 30.4. The predicted molar refractivity (Wildman–Crippen MR) is 91.9 cm³/mol. The molecule has 2 aliphatic heterocycles. The third-order valence-corrected chi connectivity index (χ3v) is 6.07. The molecule has 126 valence electrons. The summed E-state index contributed by atoms with van der Waals surface area (Å²) in [5.74, 6) is 0.126. The Balaban J connectivity index is 1.92. The van der Waals surface area contributed by atoms with Crippen LogP contribution in [0.2, 0.25) is 10.0 Å². The average molecular weight is 357 g/mol. The van der Waals surface area contributed by atoms with Crippen LogP contribution in [0.4, 0.5) is 0 Å². The molecule has 2 saturated heterocycles. The minimum absolute atomic E-state index is 0.0557. The smallest absolute Gasteiger partial charge is 0.227 e. The second kappa shape index (κ2) is 6.98. The van der Waals surface area contributed by atoms with Gasteiger partial charge in [-0.25, -0.2) is 0 Å². The second-order valence-electron chi connectivity index (χ2n) is 6.48. The first-order valence-corrected chi connectivity index (χ1v) is 8.72. The van der Waals surface area contributed by atoms with E-state index in [0.29, 0.717) is 16.1 Å². The minimum Gasteiger partial charge on any atom is -0.364 e. The van der Waals surface area contributed by atoms with Crippen LogP contribution in [0.3, 0.4) is 0 Å². The number of methoxy groups -OCH3 is 1. The highest BCUT2D eigenvalue weighted by Gasteiger charge is 2.48. The Morgan fingerprint density at radius 2 is 2.13 bits per heavy atom. The molecule has 0 aliphatic carbocycles. The van der Waals surface area contributed by atoms with Crippen LogP contribution in [0, 0.1) is 5.92 Å². The molecule has 3 rings (SSSR count). The van der Waals surface area contributed by atoms with Crippen LogP contribution in [0.15, 0.2) is 18.2 Å². The minimum atomic E-state index is -0.0915. The molecule has 4 nitrogen and oxygen atoms in total. The topological polar surface area (TPSA) is 41.6 Å². The van der Waals surface area contributed by atoms with E-state index >= 15 is 0 Å². The van der Waals surface area contributed by atoms with E-state index in [-0.39, 0.29) is 30.5 Å². The fourth-order valence-corrected chi connectivity index (χ4v) is 4.48. The van der Waals surface area contributed by atoms with Crippen molar-refractivity contribution >= 4 is 29.1 Å². The second-order valence-corrected chi connectivity index (χ2v) is 7.29. The number of amides is 1. The van der Waals surface area contributed by atoms with Gasteiger partial charge in [0, 0.05) is 19.2 Å². The van der Waals surface area contributed by atoms with Crippen LogP contribution in [0.25, 0.3) is 0 Å². The third kappa shape index (κ3) is 3.22. The van der Waals surface area contributed by atoms with E-state index in [0.717, 1.165) is 24.8 Å². The number of nitrogens with one attached hydrogen (secondary N) is 1. The Kier molecular flexibility index (Phi) is 5.16. The number of halogens is 2. The van der Waals surface area contributed by atoms with E-state index in [9.17, 15) is 4.79 Å². The lowest BCUT2D eigenvalue weighted by Gasteiger charge is -2.42. The number of carbonyl (C=O) groups is 1. The van der Waals surface area contributed by atoms with Gasteiger partial charge in [0.2, 0.25) is 5.91 Å². The number of fused-ring (bicyclic) bond motifs is 2. The molecule has 2 heterocycles. The van der Waals surface area contributed by atoms with Gasteiger partial charge in [-0.15, -0.1) is 0 Å². The van der Waals surface area contributed by atoms with Crippen molar-refractivity contribution in [1.82, 2.24) is 10.2 Å². The zero-order valence-electron chi connectivity index (χ0n) is 13.4. The summed E-state index contributed by atoms with van der Waals surface area (Å²) in [4.78, 5) is 15.1. The van der Waals surface area contributed by atoms with Crippen LogP contribution in [0.1, 0.15) is 30.7 Å². The zero-order valence-corrected chi connectivity index (χ0v) is 14.9. The molecule has 1 amide bonds. The van der Waals surface area contributed by atoms with Crippen LogP contribution >= 0.6 is 23.2 Å². The van der Waals surface area contributed by atoms with Gasteiger partial charge < -0.3 is 10.1 Å². The fourth-order valence-electron chi connectivity index (χ4n) is 4.17. The molecule has 2 aliphatic rings. The highest BCUT2D eigenvalue weighted by Crippen LogP contribution is 2.46. The van der Waals surface area contributed by atoms with Gasteiger partial charge in [-0.3, -0.25) is 9.69 Å². The first-order valence-electron chi connectivity index (χ1n) is 7.96. The van der Waals surface area contributed by atoms with Crippen LogP contribution in [0.5, 0.6) is 0 Å². The lowest BCUT2D eigenvalue weighted by molar-refractivity contribution is -0.130. The molecule has 0 aromatic heterocycles. The molecule has 6 heteroatoms. The first kappa shape index (κ1) is 17.0. The summed E-state index contributed by atoms with van der Waals surface area (Å²) in [5, 5.41) is 3.98. The molecule has 0 spiro atoms. The largest absolute Gasteiger partial charge is 0.364 e. The summed E-state index contributed by atoms with van der Waals surface area (Å²) >= 11 is 12.2. The standard InChI is InChI=1S/C17H22Cl2N2O2/c1-21-11-4-6-15(21)16(17(22)20-9-23-2)12(8-11)10-3-5-13(18)14(19)7-10/h3,5,7,11-12,15-16H,4,6,8-9H2,1-2H3,(H,20,22)/t11-,12+,15+,16?/m0/s1. The van der Waals surface area contributed by atoms with E-state index in [1.54, 1.807) is 7.11 Å². The van der Waals surface area contributed by atoms with Gasteiger partial charge in [-0.2, -0.15) is 0 Å². The van der Waals surface area contributed by atoms with Gasteiger partial charge in [0.05, 0.1) is 16.0 Å². The third-order valence-electron chi connectivity index (χ3n) is 5.33. The van der Waals surface area contributed by atoms with Crippen molar-refractivity contribution < 1.29 is 9.53 Å². The molecule has 1 N–H and O–H groups in total. The maximum absolute atomic E-state index is 12.7. The number of piperidine rings is 1. The monoisotopic (exact) mass is 356 g/mol. The number of hydrogen-bond acceptors (Lipinski definition) is 3. The molecule has 2 bridgehead atoms. The molecule has 1 aromatic carbocycles. The van der Waals surface area contributed by atoms with Crippen molar-refractivity contribution in [3.05, 3.63) is 33.8 Å². The Morgan fingerprint density at radius 3 is 2.83 bits per heavy atom. The van der Waals surface area contributed by atoms with Crippen molar-refractivity contribution in [3.8, 4) is 0 Å². The van der Waals surface area contributed by atoms with E-state index in [2.05, 4.69) is 17.3 Å². The number of benzene rings is 1. The van der Waals surface area contributed by atoms with Crippen molar-refractivity contribution in [1.29, 1.82) is 0 Å². The van der Waals surface area contributed by atoms with Crippen molar-refractivity contribution in [2.24, 2.45) is 5.92 Å². The van der Waals surface area contributed by atoms with Crippen molar-refractivity contribution in [2.45, 2.75) is 37.3 Å².